The second-order valence-corrected chi connectivity index (χ2v) is 3.75. The zero-order chi connectivity index (χ0) is 12.4. The molecule has 6 heteroatoms. The van der Waals surface area contributed by atoms with E-state index < -0.39 is 11.6 Å². The number of halogens is 2. The summed E-state index contributed by atoms with van der Waals surface area (Å²) >= 11 is 0. The van der Waals surface area contributed by atoms with Crippen molar-refractivity contribution in [3.63, 3.8) is 0 Å². The molecule has 0 bridgehead atoms. The van der Waals surface area contributed by atoms with Gasteiger partial charge in [0.2, 0.25) is 5.89 Å². The van der Waals surface area contributed by atoms with Crippen LogP contribution >= 0.6 is 0 Å². The van der Waals surface area contributed by atoms with Crippen LogP contribution in [0.3, 0.4) is 0 Å². The molecule has 1 atom stereocenters. The van der Waals surface area contributed by atoms with Crippen LogP contribution in [-0.2, 0) is 6.42 Å². The molecule has 1 aromatic heterocycles. The van der Waals surface area contributed by atoms with Crippen LogP contribution in [0, 0.1) is 11.6 Å². The molecule has 0 aliphatic carbocycles. The Morgan fingerprint density at radius 2 is 2.18 bits per heavy atom. The Hall–Kier alpha value is -1.82. The molecule has 0 radical (unpaired) electrons. The highest BCUT2D eigenvalue weighted by molar-refractivity contribution is 5.21. The van der Waals surface area contributed by atoms with E-state index in [4.69, 9.17) is 10.3 Å². The SMILES string of the molecule is CC(N)c1noc(Cc2ccc(F)cc2F)n1. The number of hydrogen-bond acceptors (Lipinski definition) is 4. The van der Waals surface area contributed by atoms with Crippen LogP contribution in [0.15, 0.2) is 22.7 Å². The summed E-state index contributed by atoms with van der Waals surface area (Å²) < 4.78 is 30.9. The number of rotatable bonds is 3. The smallest absolute Gasteiger partial charge is 0.231 e. The zero-order valence-electron chi connectivity index (χ0n) is 9.15. The quantitative estimate of drug-likeness (QED) is 0.889. The molecule has 1 heterocycles. The first-order chi connectivity index (χ1) is 8.06. The maximum absolute atomic E-state index is 13.3. The van der Waals surface area contributed by atoms with Crippen molar-refractivity contribution in [3.05, 3.63) is 47.1 Å². The molecule has 0 fully saturated rings. The fourth-order valence-electron chi connectivity index (χ4n) is 1.35. The minimum absolute atomic E-state index is 0.117. The highest BCUT2D eigenvalue weighted by atomic mass is 19.1. The molecular weight excluding hydrogens is 228 g/mol. The van der Waals surface area contributed by atoms with Gasteiger partial charge in [0, 0.05) is 6.07 Å². The summed E-state index contributed by atoms with van der Waals surface area (Å²) in [6.07, 6.45) is 0.117. The molecular formula is C11H11F2N3O. The van der Waals surface area contributed by atoms with E-state index in [1.165, 1.54) is 12.1 Å². The van der Waals surface area contributed by atoms with Crippen LogP contribution in [0.25, 0.3) is 0 Å². The predicted octanol–water partition coefficient (Wildman–Crippen LogP) is 1.96. The molecule has 0 saturated carbocycles. The van der Waals surface area contributed by atoms with Gasteiger partial charge in [-0.05, 0) is 18.6 Å². The molecule has 17 heavy (non-hydrogen) atoms. The molecule has 2 N–H and O–H groups in total. The Balaban J connectivity index is 2.19. The average Bonchev–Trinajstić information content (AvgIpc) is 2.71. The van der Waals surface area contributed by atoms with Crippen molar-refractivity contribution < 1.29 is 13.3 Å². The number of nitrogens with zero attached hydrogens (tertiary/aromatic N) is 2. The van der Waals surface area contributed by atoms with Gasteiger partial charge in [0.1, 0.15) is 11.6 Å². The van der Waals surface area contributed by atoms with Gasteiger partial charge >= 0.3 is 0 Å². The maximum atomic E-state index is 13.3. The van der Waals surface area contributed by atoms with E-state index in [0.717, 1.165) is 6.07 Å². The van der Waals surface area contributed by atoms with Crippen molar-refractivity contribution in [2.24, 2.45) is 5.73 Å². The summed E-state index contributed by atoms with van der Waals surface area (Å²) in [5, 5.41) is 3.65. The van der Waals surface area contributed by atoms with Gasteiger partial charge in [-0.1, -0.05) is 11.2 Å². The van der Waals surface area contributed by atoms with E-state index in [1.54, 1.807) is 6.92 Å². The van der Waals surface area contributed by atoms with Gasteiger partial charge in [0.15, 0.2) is 5.82 Å². The summed E-state index contributed by atoms with van der Waals surface area (Å²) in [5.74, 6) is -0.635. The molecule has 90 valence electrons. The highest BCUT2D eigenvalue weighted by Crippen LogP contribution is 2.14. The van der Waals surface area contributed by atoms with E-state index in [0.29, 0.717) is 11.4 Å². The van der Waals surface area contributed by atoms with Gasteiger partial charge in [-0.25, -0.2) is 8.78 Å². The van der Waals surface area contributed by atoms with E-state index >= 15 is 0 Å². The zero-order valence-corrected chi connectivity index (χ0v) is 9.15. The van der Waals surface area contributed by atoms with Crippen LogP contribution in [0.4, 0.5) is 8.78 Å². The van der Waals surface area contributed by atoms with Gasteiger partial charge in [0.05, 0.1) is 12.5 Å². The number of nitrogens with two attached hydrogens (primary N) is 1. The molecule has 0 amide bonds. The first-order valence-corrected chi connectivity index (χ1v) is 5.08. The lowest BCUT2D eigenvalue weighted by atomic mass is 10.1. The highest BCUT2D eigenvalue weighted by Gasteiger charge is 2.12. The molecule has 1 aromatic carbocycles. The first kappa shape index (κ1) is 11.7. The largest absolute Gasteiger partial charge is 0.339 e. The number of hydrogen-bond donors (Lipinski definition) is 1. The van der Waals surface area contributed by atoms with Crippen LogP contribution in [0.1, 0.15) is 30.2 Å². The minimum Gasteiger partial charge on any atom is -0.339 e. The lowest BCUT2D eigenvalue weighted by molar-refractivity contribution is 0.375. The van der Waals surface area contributed by atoms with E-state index in [9.17, 15) is 8.78 Å². The Labute approximate surface area is 96.4 Å². The Kier molecular flexibility index (Phi) is 3.14. The molecule has 1 unspecified atom stereocenters. The number of aromatic nitrogens is 2. The molecule has 2 rings (SSSR count). The van der Waals surface area contributed by atoms with Crippen molar-refractivity contribution in [2.45, 2.75) is 19.4 Å². The Morgan fingerprint density at radius 3 is 2.76 bits per heavy atom. The lowest BCUT2D eigenvalue weighted by Gasteiger charge is -1.99. The van der Waals surface area contributed by atoms with Crippen LogP contribution in [-0.4, -0.2) is 10.1 Å². The summed E-state index contributed by atoms with van der Waals surface area (Å²) in [6.45, 7) is 1.72. The topological polar surface area (TPSA) is 64.9 Å². The van der Waals surface area contributed by atoms with E-state index in [-0.39, 0.29) is 18.4 Å². The lowest BCUT2D eigenvalue weighted by Crippen LogP contribution is -2.06. The van der Waals surface area contributed by atoms with Crippen molar-refractivity contribution in [2.75, 3.05) is 0 Å². The number of benzene rings is 1. The fourth-order valence-corrected chi connectivity index (χ4v) is 1.35. The monoisotopic (exact) mass is 239 g/mol. The molecule has 0 aliphatic heterocycles. The molecule has 0 aliphatic rings. The second-order valence-electron chi connectivity index (χ2n) is 3.75. The van der Waals surface area contributed by atoms with Crippen LogP contribution in [0.2, 0.25) is 0 Å². The maximum Gasteiger partial charge on any atom is 0.231 e. The third-order valence-electron chi connectivity index (χ3n) is 2.25. The molecule has 0 saturated heterocycles. The van der Waals surface area contributed by atoms with Crippen molar-refractivity contribution in [1.29, 1.82) is 0 Å². The predicted molar refractivity (Wildman–Crippen MR) is 56.1 cm³/mol. The third kappa shape index (κ3) is 2.65. The standard InChI is InChI=1S/C11H11F2N3O/c1-6(14)11-15-10(17-16-11)4-7-2-3-8(12)5-9(7)13/h2-3,5-6H,4,14H2,1H3. The van der Waals surface area contributed by atoms with Gasteiger partial charge in [-0.3, -0.25) is 0 Å². The Bertz CT molecular complexity index is 525. The molecule has 2 aromatic rings. The first-order valence-electron chi connectivity index (χ1n) is 5.08. The van der Waals surface area contributed by atoms with Gasteiger partial charge < -0.3 is 10.3 Å². The van der Waals surface area contributed by atoms with Crippen molar-refractivity contribution in [1.82, 2.24) is 10.1 Å². The summed E-state index contributed by atoms with van der Waals surface area (Å²) in [7, 11) is 0. The Morgan fingerprint density at radius 1 is 1.41 bits per heavy atom. The summed E-state index contributed by atoms with van der Waals surface area (Å²) in [5.41, 5.74) is 5.86. The van der Waals surface area contributed by atoms with Gasteiger partial charge in [0.25, 0.3) is 0 Å². The minimum atomic E-state index is -0.634. The second kappa shape index (κ2) is 4.58. The van der Waals surface area contributed by atoms with E-state index in [2.05, 4.69) is 10.1 Å². The van der Waals surface area contributed by atoms with Gasteiger partial charge in [-0.15, -0.1) is 0 Å². The fraction of sp³-hybridized carbons (Fsp3) is 0.273. The normalized spacial score (nSPS) is 12.7. The molecule has 0 spiro atoms. The average molecular weight is 239 g/mol. The van der Waals surface area contributed by atoms with E-state index in [1.807, 2.05) is 0 Å². The summed E-state index contributed by atoms with van der Waals surface area (Å²) in [6, 6.07) is 3.00. The van der Waals surface area contributed by atoms with Crippen LogP contribution in [0.5, 0.6) is 0 Å². The van der Waals surface area contributed by atoms with Crippen molar-refractivity contribution in [3.8, 4) is 0 Å². The van der Waals surface area contributed by atoms with Crippen LogP contribution < -0.4 is 5.73 Å². The molecule has 4 nitrogen and oxygen atoms in total. The van der Waals surface area contributed by atoms with Gasteiger partial charge in [-0.2, -0.15) is 4.98 Å². The summed E-state index contributed by atoms with van der Waals surface area (Å²) in [4.78, 5) is 4.01. The van der Waals surface area contributed by atoms with Crippen molar-refractivity contribution >= 4 is 0 Å². The third-order valence-corrected chi connectivity index (χ3v) is 2.25.